The van der Waals surface area contributed by atoms with E-state index in [1.165, 1.54) is 0 Å². The Morgan fingerprint density at radius 3 is 2.52 bits per heavy atom. The summed E-state index contributed by atoms with van der Waals surface area (Å²) in [5.74, 6) is -0.349. The van der Waals surface area contributed by atoms with Crippen LogP contribution in [0, 0.1) is 0 Å². The lowest BCUT2D eigenvalue weighted by Crippen LogP contribution is -2.21. The molecule has 0 saturated carbocycles. The number of hydrogen-bond donors (Lipinski definition) is 1. The summed E-state index contributed by atoms with van der Waals surface area (Å²) in [6.07, 6.45) is 0. The summed E-state index contributed by atoms with van der Waals surface area (Å²) in [5, 5.41) is 2.65. The van der Waals surface area contributed by atoms with Crippen molar-refractivity contribution in [3.05, 3.63) is 59.7 Å². The van der Waals surface area contributed by atoms with Gasteiger partial charge in [0.25, 0.3) is 5.91 Å². The van der Waals surface area contributed by atoms with Crippen molar-refractivity contribution in [3.63, 3.8) is 0 Å². The number of carbonyl (C=O) groups is 2. The SMILES string of the molecule is CCOCc1cc(C(=O)OCC(=O)Nc2ccccc2)ccc1OC. The van der Waals surface area contributed by atoms with Gasteiger partial charge in [-0.25, -0.2) is 4.79 Å². The first-order valence-electron chi connectivity index (χ1n) is 7.90. The molecule has 1 amide bonds. The van der Waals surface area contributed by atoms with Crippen LogP contribution in [0.1, 0.15) is 22.8 Å². The molecule has 2 rings (SSSR count). The third-order valence-corrected chi connectivity index (χ3v) is 3.37. The van der Waals surface area contributed by atoms with Gasteiger partial charge in [-0.3, -0.25) is 4.79 Å². The zero-order chi connectivity index (χ0) is 18.1. The summed E-state index contributed by atoms with van der Waals surface area (Å²) in [5.41, 5.74) is 1.72. The number of amides is 1. The summed E-state index contributed by atoms with van der Waals surface area (Å²) in [4.78, 5) is 24.0. The van der Waals surface area contributed by atoms with Gasteiger partial charge in [-0.1, -0.05) is 18.2 Å². The van der Waals surface area contributed by atoms with Crippen LogP contribution < -0.4 is 10.1 Å². The standard InChI is InChI=1S/C19H21NO5/c1-3-24-12-15-11-14(9-10-17(15)23-2)19(22)25-13-18(21)20-16-7-5-4-6-8-16/h4-11H,3,12-13H2,1-2H3,(H,20,21). The molecule has 25 heavy (non-hydrogen) atoms. The van der Waals surface area contributed by atoms with E-state index >= 15 is 0 Å². The highest BCUT2D eigenvalue weighted by Crippen LogP contribution is 2.21. The number of ether oxygens (including phenoxy) is 3. The van der Waals surface area contributed by atoms with Crippen molar-refractivity contribution in [2.24, 2.45) is 0 Å². The molecule has 0 saturated heterocycles. The van der Waals surface area contributed by atoms with Gasteiger partial charge in [0, 0.05) is 17.9 Å². The Hall–Kier alpha value is -2.86. The molecule has 1 N–H and O–H groups in total. The van der Waals surface area contributed by atoms with Crippen molar-refractivity contribution >= 4 is 17.6 Å². The van der Waals surface area contributed by atoms with E-state index in [1.807, 2.05) is 13.0 Å². The highest BCUT2D eigenvalue weighted by molar-refractivity contribution is 5.95. The first-order chi connectivity index (χ1) is 12.1. The van der Waals surface area contributed by atoms with Crippen molar-refractivity contribution in [1.29, 1.82) is 0 Å². The number of rotatable bonds is 8. The van der Waals surface area contributed by atoms with E-state index in [2.05, 4.69) is 5.32 Å². The maximum Gasteiger partial charge on any atom is 0.338 e. The monoisotopic (exact) mass is 343 g/mol. The van der Waals surface area contributed by atoms with Crippen LogP contribution in [-0.2, 0) is 20.9 Å². The van der Waals surface area contributed by atoms with Crippen LogP contribution in [0.2, 0.25) is 0 Å². The van der Waals surface area contributed by atoms with Gasteiger partial charge in [-0.05, 0) is 37.3 Å². The maximum atomic E-state index is 12.1. The molecule has 0 radical (unpaired) electrons. The number of hydrogen-bond acceptors (Lipinski definition) is 5. The van der Waals surface area contributed by atoms with E-state index in [0.717, 1.165) is 5.56 Å². The lowest BCUT2D eigenvalue weighted by atomic mass is 10.1. The van der Waals surface area contributed by atoms with Gasteiger partial charge in [0.1, 0.15) is 5.75 Å². The van der Waals surface area contributed by atoms with Crippen molar-refractivity contribution < 1.29 is 23.8 Å². The van der Waals surface area contributed by atoms with Crippen LogP contribution in [0.15, 0.2) is 48.5 Å². The molecule has 6 nitrogen and oxygen atoms in total. The molecule has 132 valence electrons. The van der Waals surface area contributed by atoms with Crippen molar-refractivity contribution in [3.8, 4) is 5.75 Å². The topological polar surface area (TPSA) is 73.9 Å². The Morgan fingerprint density at radius 2 is 1.84 bits per heavy atom. The van der Waals surface area contributed by atoms with Gasteiger partial charge in [-0.15, -0.1) is 0 Å². The molecule has 0 fully saturated rings. The van der Waals surface area contributed by atoms with Crippen LogP contribution in [0.25, 0.3) is 0 Å². The first-order valence-corrected chi connectivity index (χ1v) is 7.90. The number of para-hydroxylation sites is 1. The predicted molar refractivity (Wildman–Crippen MR) is 93.7 cm³/mol. The van der Waals surface area contributed by atoms with E-state index in [-0.39, 0.29) is 6.61 Å². The normalized spacial score (nSPS) is 10.2. The summed E-state index contributed by atoms with van der Waals surface area (Å²) >= 11 is 0. The fraction of sp³-hybridized carbons (Fsp3) is 0.263. The molecule has 0 unspecified atom stereocenters. The molecular formula is C19H21NO5. The molecule has 2 aromatic carbocycles. The number of benzene rings is 2. The Bertz CT molecular complexity index is 715. The van der Waals surface area contributed by atoms with Crippen LogP contribution in [-0.4, -0.2) is 32.2 Å². The summed E-state index contributed by atoms with van der Waals surface area (Å²) in [6.45, 7) is 2.41. The highest BCUT2D eigenvalue weighted by atomic mass is 16.5. The van der Waals surface area contributed by atoms with E-state index in [9.17, 15) is 9.59 Å². The number of esters is 1. The summed E-state index contributed by atoms with van der Waals surface area (Å²) < 4.78 is 15.7. The number of methoxy groups -OCH3 is 1. The minimum absolute atomic E-state index is 0.329. The lowest BCUT2D eigenvalue weighted by Gasteiger charge is -2.11. The van der Waals surface area contributed by atoms with Crippen molar-refractivity contribution in [2.45, 2.75) is 13.5 Å². The minimum Gasteiger partial charge on any atom is -0.496 e. The molecule has 0 bridgehead atoms. The number of anilines is 1. The van der Waals surface area contributed by atoms with Gasteiger partial charge in [0.05, 0.1) is 19.3 Å². The first kappa shape index (κ1) is 18.5. The third kappa shape index (κ3) is 5.61. The van der Waals surface area contributed by atoms with Gasteiger partial charge in [-0.2, -0.15) is 0 Å². The quantitative estimate of drug-likeness (QED) is 0.746. The van der Waals surface area contributed by atoms with Gasteiger partial charge in [0.2, 0.25) is 0 Å². The average Bonchev–Trinajstić information content (AvgIpc) is 2.65. The number of carbonyl (C=O) groups excluding carboxylic acids is 2. The maximum absolute atomic E-state index is 12.1. The Kier molecular flexibility index (Phi) is 6.98. The Balaban J connectivity index is 1.94. The molecule has 0 aromatic heterocycles. The van der Waals surface area contributed by atoms with E-state index in [1.54, 1.807) is 49.6 Å². The molecular weight excluding hydrogens is 322 g/mol. The molecule has 0 heterocycles. The van der Waals surface area contributed by atoms with Gasteiger partial charge >= 0.3 is 5.97 Å². The van der Waals surface area contributed by atoms with Crippen LogP contribution in [0.3, 0.4) is 0 Å². The third-order valence-electron chi connectivity index (χ3n) is 3.37. The second-order valence-corrected chi connectivity index (χ2v) is 5.15. The fourth-order valence-corrected chi connectivity index (χ4v) is 2.16. The molecule has 6 heteroatoms. The van der Waals surface area contributed by atoms with Crippen molar-refractivity contribution in [1.82, 2.24) is 0 Å². The zero-order valence-electron chi connectivity index (χ0n) is 14.3. The molecule has 0 aliphatic rings. The van der Waals surface area contributed by atoms with Crippen LogP contribution in [0.5, 0.6) is 5.75 Å². The van der Waals surface area contributed by atoms with E-state index in [4.69, 9.17) is 14.2 Å². The second kappa shape index (κ2) is 9.44. The van der Waals surface area contributed by atoms with Crippen molar-refractivity contribution in [2.75, 3.05) is 25.6 Å². The second-order valence-electron chi connectivity index (χ2n) is 5.15. The van der Waals surface area contributed by atoms with Crippen LogP contribution >= 0.6 is 0 Å². The fourth-order valence-electron chi connectivity index (χ4n) is 2.16. The average molecular weight is 343 g/mol. The molecule has 0 aliphatic carbocycles. The molecule has 0 spiro atoms. The molecule has 0 aliphatic heterocycles. The van der Waals surface area contributed by atoms with E-state index < -0.39 is 11.9 Å². The van der Waals surface area contributed by atoms with E-state index in [0.29, 0.717) is 30.2 Å². The van der Waals surface area contributed by atoms with Gasteiger partial charge in [0.15, 0.2) is 6.61 Å². The summed E-state index contributed by atoms with van der Waals surface area (Å²) in [6, 6.07) is 13.9. The predicted octanol–water partition coefficient (Wildman–Crippen LogP) is 3.03. The zero-order valence-corrected chi connectivity index (χ0v) is 14.3. The Labute approximate surface area is 146 Å². The van der Waals surface area contributed by atoms with Crippen LogP contribution in [0.4, 0.5) is 5.69 Å². The minimum atomic E-state index is -0.580. The lowest BCUT2D eigenvalue weighted by molar-refractivity contribution is -0.119. The molecule has 2 aromatic rings. The Morgan fingerprint density at radius 1 is 1.08 bits per heavy atom. The summed E-state index contributed by atoms with van der Waals surface area (Å²) in [7, 11) is 1.55. The molecule has 0 atom stereocenters. The highest BCUT2D eigenvalue weighted by Gasteiger charge is 2.13. The largest absolute Gasteiger partial charge is 0.496 e. The smallest absolute Gasteiger partial charge is 0.338 e. The number of nitrogens with one attached hydrogen (secondary N) is 1. The van der Waals surface area contributed by atoms with Gasteiger partial charge < -0.3 is 19.5 Å².